The lowest BCUT2D eigenvalue weighted by molar-refractivity contribution is 0.483. The van der Waals surface area contributed by atoms with E-state index in [1.54, 1.807) is 18.5 Å². The van der Waals surface area contributed by atoms with Crippen molar-refractivity contribution in [3.8, 4) is 6.07 Å². The topological polar surface area (TPSA) is 91.0 Å². The molecule has 5 nitrogen and oxygen atoms in total. The molecule has 1 aromatic carbocycles. The molecule has 1 aromatic heterocycles. The molecule has 0 saturated carbocycles. The lowest BCUT2D eigenvalue weighted by atomic mass is 10.2. The number of aromatic nitrogens is 1. The molecular formula is C12H10N2O3S. The number of nitriles is 1. The maximum atomic E-state index is 10.5. The van der Waals surface area contributed by atoms with Gasteiger partial charge in [-0.2, -0.15) is 13.7 Å². The molecule has 0 unspecified atom stereocenters. The van der Waals surface area contributed by atoms with Gasteiger partial charge in [-0.05, 0) is 30.3 Å². The Labute approximate surface area is 105 Å². The second-order valence-electron chi connectivity index (χ2n) is 3.14. The van der Waals surface area contributed by atoms with Crippen molar-refractivity contribution in [2.45, 2.75) is 4.90 Å². The van der Waals surface area contributed by atoms with Gasteiger partial charge < -0.3 is 0 Å². The Hall–Kier alpha value is -2.23. The highest BCUT2D eigenvalue weighted by atomic mass is 32.2. The quantitative estimate of drug-likeness (QED) is 0.792. The summed E-state index contributed by atoms with van der Waals surface area (Å²) in [5, 5.41) is 8.40. The first-order valence-electron chi connectivity index (χ1n) is 4.86. The third-order valence-corrected chi connectivity index (χ3v) is 2.68. The van der Waals surface area contributed by atoms with Crippen LogP contribution in [0.4, 0.5) is 0 Å². The van der Waals surface area contributed by atoms with Crippen LogP contribution < -0.4 is 0 Å². The second-order valence-corrected chi connectivity index (χ2v) is 4.56. The first kappa shape index (κ1) is 13.8. The van der Waals surface area contributed by atoms with Gasteiger partial charge in [0.1, 0.15) is 0 Å². The first-order chi connectivity index (χ1) is 8.54. The van der Waals surface area contributed by atoms with Gasteiger partial charge in [0.05, 0.1) is 16.5 Å². The molecule has 6 heteroatoms. The Morgan fingerprint density at radius 2 is 1.78 bits per heavy atom. The van der Waals surface area contributed by atoms with Crippen LogP contribution in [0, 0.1) is 11.3 Å². The van der Waals surface area contributed by atoms with Crippen LogP contribution in [0.1, 0.15) is 5.56 Å². The summed E-state index contributed by atoms with van der Waals surface area (Å²) in [6.45, 7) is 0. The van der Waals surface area contributed by atoms with Gasteiger partial charge in [0.25, 0.3) is 10.1 Å². The minimum absolute atomic E-state index is 0.199. The zero-order chi connectivity index (χ0) is 13.4. The minimum Gasteiger partial charge on any atom is -0.282 e. The number of hydrogen-bond acceptors (Lipinski definition) is 4. The van der Waals surface area contributed by atoms with Crippen molar-refractivity contribution in [3.05, 3.63) is 60.4 Å². The van der Waals surface area contributed by atoms with E-state index in [1.165, 1.54) is 18.2 Å². The molecular weight excluding hydrogens is 252 g/mol. The van der Waals surface area contributed by atoms with Gasteiger partial charge in [-0.15, -0.1) is 0 Å². The Kier molecular flexibility index (Phi) is 4.99. The van der Waals surface area contributed by atoms with E-state index in [2.05, 4.69) is 4.98 Å². The summed E-state index contributed by atoms with van der Waals surface area (Å²) in [5.41, 5.74) is 0.199. The third kappa shape index (κ3) is 4.74. The molecule has 0 bridgehead atoms. The van der Waals surface area contributed by atoms with Crippen LogP contribution in [0.5, 0.6) is 0 Å². The molecule has 1 N–H and O–H groups in total. The third-order valence-electron chi connectivity index (χ3n) is 1.83. The fourth-order valence-electron chi connectivity index (χ4n) is 1.04. The van der Waals surface area contributed by atoms with E-state index in [-0.39, 0.29) is 10.5 Å². The Balaban J connectivity index is 0.000000225. The molecule has 0 fully saturated rings. The van der Waals surface area contributed by atoms with E-state index < -0.39 is 10.1 Å². The summed E-state index contributed by atoms with van der Waals surface area (Å²) < 4.78 is 29.7. The molecule has 0 radical (unpaired) electrons. The highest BCUT2D eigenvalue weighted by Crippen LogP contribution is 2.09. The molecule has 2 aromatic rings. The van der Waals surface area contributed by atoms with Gasteiger partial charge >= 0.3 is 0 Å². The van der Waals surface area contributed by atoms with E-state index in [4.69, 9.17) is 9.81 Å². The molecule has 1 heterocycles. The van der Waals surface area contributed by atoms with Gasteiger partial charge in [-0.3, -0.25) is 9.54 Å². The van der Waals surface area contributed by atoms with Crippen molar-refractivity contribution in [3.63, 3.8) is 0 Å². The van der Waals surface area contributed by atoms with Gasteiger partial charge in [-0.25, -0.2) is 0 Å². The van der Waals surface area contributed by atoms with E-state index in [0.717, 1.165) is 6.07 Å². The summed E-state index contributed by atoms with van der Waals surface area (Å²) >= 11 is 0. The largest absolute Gasteiger partial charge is 0.294 e. The fourth-order valence-corrected chi connectivity index (χ4v) is 1.57. The molecule has 0 aliphatic carbocycles. The van der Waals surface area contributed by atoms with Crippen molar-refractivity contribution in [2.75, 3.05) is 0 Å². The number of nitrogens with zero attached hydrogens (tertiary/aromatic N) is 2. The highest BCUT2D eigenvalue weighted by molar-refractivity contribution is 7.85. The van der Waals surface area contributed by atoms with Crippen molar-refractivity contribution < 1.29 is 13.0 Å². The fraction of sp³-hybridized carbons (Fsp3) is 0. The summed E-state index contributed by atoms with van der Waals surface area (Å²) in [6.07, 6.45) is 3.50. The monoisotopic (exact) mass is 262 g/mol. The van der Waals surface area contributed by atoms with Gasteiger partial charge in [0, 0.05) is 12.4 Å². The molecule has 18 heavy (non-hydrogen) atoms. The summed E-state index contributed by atoms with van der Waals surface area (Å²) in [7, 11) is -4.19. The predicted molar refractivity (Wildman–Crippen MR) is 65.2 cm³/mol. The number of rotatable bonds is 1. The number of hydrogen-bond donors (Lipinski definition) is 1. The van der Waals surface area contributed by atoms with E-state index in [1.807, 2.05) is 18.2 Å². The van der Waals surface area contributed by atoms with Crippen LogP contribution in [0.3, 0.4) is 0 Å². The summed E-state index contributed by atoms with van der Waals surface area (Å²) in [4.78, 5) is 3.52. The van der Waals surface area contributed by atoms with Crippen molar-refractivity contribution >= 4 is 10.1 Å². The van der Waals surface area contributed by atoms with Crippen LogP contribution in [-0.4, -0.2) is 18.0 Å². The number of pyridine rings is 1. The van der Waals surface area contributed by atoms with E-state index in [0.29, 0.717) is 0 Å². The van der Waals surface area contributed by atoms with Gasteiger partial charge in [0.15, 0.2) is 0 Å². The highest BCUT2D eigenvalue weighted by Gasteiger charge is 2.08. The van der Waals surface area contributed by atoms with E-state index >= 15 is 0 Å². The van der Waals surface area contributed by atoms with Gasteiger partial charge in [-0.1, -0.05) is 12.1 Å². The van der Waals surface area contributed by atoms with Crippen molar-refractivity contribution in [2.24, 2.45) is 0 Å². The molecule has 0 spiro atoms. The predicted octanol–water partition coefficient (Wildman–Crippen LogP) is 1.89. The minimum atomic E-state index is -4.19. The van der Waals surface area contributed by atoms with Crippen LogP contribution in [0.2, 0.25) is 0 Å². The van der Waals surface area contributed by atoms with Crippen LogP contribution >= 0.6 is 0 Å². The Bertz CT molecular complexity index is 607. The normalized spacial score (nSPS) is 9.78. The lowest BCUT2D eigenvalue weighted by Crippen LogP contribution is -1.97. The van der Waals surface area contributed by atoms with Crippen LogP contribution in [0.15, 0.2) is 59.8 Å². The van der Waals surface area contributed by atoms with Crippen molar-refractivity contribution in [1.82, 2.24) is 4.98 Å². The standard InChI is InChI=1S/C7H5NO3S.C5H5N/c8-5-6-2-1-3-7(4-6)12(9,10)11;1-2-4-6-5-3-1/h1-4H,(H,9,10,11);1-5H. The Morgan fingerprint density at radius 3 is 2.17 bits per heavy atom. The molecule has 0 amide bonds. The molecule has 2 rings (SSSR count). The molecule has 0 aliphatic rings. The first-order valence-corrected chi connectivity index (χ1v) is 6.30. The zero-order valence-electron chi connectivity index (χ0n) is 9.26. The summed E-state index contributed by atoms with van der Waals surface area (Å²) in [6, 6.07) is 12.6. The van der Waals surface area contributed by atoms with E-state index in [9.17, 15) is 8.42 Å². The van der Waals surface area contributed by atoms with Crippen molar-refractivity contribution in [1.29, 1.82) is 5.26 Å². The second kappa shape index (κ2) is 6.49. The molecule has 0 aliphatic heterocycles. The lowest BCUT2D eigenvalue weighted by Gasteiger charge is -1.95. The summed E-state index contributed by atoms with van der Waals surface area (Å²) in [5.74, 6) is 0. The molecule has 0 atom stereocenters. The van der Waals surface area contributed by atoms with Crippen LogP contribution in [-0.2, 0) is 10.1 Å². The maximum absolute atomic E-state index is 10.5. The maximum Gasteiger partial charge on any atom is 0.294 e. The number of benzene rings is 1. The zero-order valence-corrected chi connectivity index (χ0v) is 10.1. The molecule has 0 saturated heterocycles. The average molecular weight is 262 g/mol. The van der Waals surface area contributed by atoms with Gasteiger partial charge in [0.2, 0.25) is 0 Å². The smallest absolute Gasteiger partial charge is 0.282 e. The van der Waals surface area contributed by atoms with Crippen LogP contribution in [0.25, 0.3) is 0 Å². The Morgan fingerprint density at radius 1 is 1.11 bits per heavy atom. The average Bonchev–Trinajstić information content (AvgIpc) is 2.40. The molecule has 92 valence electrons. The SMILES string of the molecule is N#Cc1cccc(S(=O)(=O)O)c1.c1ccncc1.